The zero-order valence-corrected chi connectivity index (χ0v) is 13.5. The molecule has 0 radical (unpaired) electrons. The van der Waals surface area contributed by atoms with Gasteiger partial charge in [0.15, 0.2) is 11.5 Å². The molecule has 0 atom stereocenters. The van der Waals surface area contributed by atoms with E-state index in [0.29, 0.717) is 24.5 Å². The number of anilines is 1. The molecule has 1 saturated heterocycles. The first-order valence-electron chi connectivity index (χ1n) is 8.48. The summed E-state index contributed by atoms with van der Waals surface area (Å²) in [6.45, 7) is 1.07. The minimum atomic E-state index is -0.520. The first kappa shape index (κ1) is 15.1. The first-order chi connectivity index (χ1) is 11.6. The van der Waals surface area contributed by atoms with Gasteiger partial charge in [0.1, 0.15) is 6.54 Å². The number of ether oxygens (including phenoxy) is 2. The second-order valence-corrected chi connectivity index (χ2v) is 6.54. The Balaban J connectivity index is 1.44. The van der Waals surface area contributed by atoms with Gasteiger partial charge in [0.25, 0.3) is 5.79 Å². The maximum absolute atomic E-state index is 12.3. The summed E-state index contributed by atoms with van der Waals surface area (Å²) >= 11 is 0. The van der Waals surface area contributed by atoms with Crippen LogP contribution in [0.1, 0.15) is 32.1 Å². The summed E-state index contributed by atoms with van der Waals surface area (Å²) in [7, 11) is 0. The molecular formula is C17H21N3O4. The van der Waals surface area contributed by atoms with E-state index < -0.39 is 5.79 Å². The van der Waals surface area contributed by atoms with Crippen molar-refractivity contribution in [1.29, 1.82) is 0 Å². The first-order valence-corrected chi connectivity index (χ1v) is 8.48. The molecule has 0 bridgehead atoms. The van der Waals surface area contributed by atoms with Crippen molar-refractivity contribution in [3.8, 4) is 11.5 Å². The van der Waals surface area contributed by atoms with Gasteiger partial charge in [-0.15, -0.1) is 0 Å². The van der Waals surface area contributed by atoms with E-state index in [1.54, 1.807) is 12.1 Å². The predicted molar refractivity (Wildman–Crippen MR) is 87.1 cm³/mol. The van der Waals surface area contributed by atoms with E-state index >= 15 is 0 Å². The number of hydrogen-bond acceptors (Lipinski definition) is 4. The summed E-state index contributed by atoms with van der Waals surface area (Å²) in [6.07, 6.45) is 5.22. The lowest BCUT2D eigenvalue weighted by molar-refractivity contribution is -0.123. The van der Waals surface area contributed by atoms with E-state index in [9.17, 15) is 9.59 Å². The van der Waals surface area contributed by atoms with Crippen molar-refractivity contribution in [2.24, 2.45) is 0 Å². The number of nitrogens with one attached hydrogen (secondary N) is 2. The van der Waals surface area contributed by atoms with Crippen LogP contribution in [-0.2, 0) is 4.79 Å². The molecule has 3 amide bonds. The van der Waals surface area contributed by atoms with Gasteiger partial charge in [-0.1, -0.05) is 6.42 Å². The third-order valence-electron chi connectivity index (χ3n) is 4.73. The fourth-order valence-corrected chi connectivity index (χ4v) is 3.48. The molecule has 2 aliphatic heterocycles. The highest BCUT2D eigenvalue weighted by Gasteiger charge is 2.42. The van der Waals surface area contributed by atoms with Crippen LogP contribution in [0.15, 0.2) is 18.2 Å². The number of benzene rings is 1. The van der Waals surface area contributed by atoms with Crippen molar-refractivity contribution in [3.63, 3.8) is 0 Å². The summed E-state index contributed by atoms with van der Waals surface area (Å²) in [5.74, 6) is 0.744. The van der Waals surface area contributed by atoms with Crippen LogP contribution in [0.25, 0.3) is 0 Å². The van der Waals surface area contributed by atoms with Crippen LogP contribution in [0.2, 0.25) is 0 Å². The van der Waals surface area contributed by atoms with E-state index in [1.807, 2.05) is 6.07 Å². The molecule has 7 nitrogen and oxygen atoms in total. The summed E-state index contributed by atoms with van der Waals surface area (Å²) in [6, 6.07) is 5.14. The number of amides is 3. The number of hydrogen-bond donors (Lipinski definition) is 2. The molecule has 24 heavy (non-hydrogen) atoms. The zero-order valence-electron chi connectivity index (χ0n) is 13.5. The molecule has 2 fully saturated rings. The van der Waals surface area contributed by atoms with E-state index in [0.717, 1.165) is 31.4 Å². The molecule has 0 aromatic heterocycles. The smallest absolute Gasteiger partial charge is 0.322 e. The monoisotopic (exact) mass is 331 g/mol. The molecule has 2 heterocycles. The SMILES string of the molecule is O=C1CN(C(=O)Nc2ccc3c(c2)OC2(CCCCC2)O3)CCN1. The molecule has 1 aliphatic carbocycles. The molecule has 1 saturated carbocycles. The molecule has 1 aromatic rings. The molecule has 1 spiro atoms. The Kier molecular flexibility index (Phi) is 3.70. The maximum atomic E-state index is 12.3. The van der Waals surface area contributed by atoms with Gasteiger partial charge in [-0.05, 0) is 25.0 Å². The van der Waals surface area contributed by atoms with Crippen molar-refractivity contribution in [1.82, 2.24) is 10.2 Å². The number of piperazine rings is 1. The largest absolute Gasteiger partial charge is 0.448 e. The van der Waals surface area contributed by atoms with Crippen LogP contribution in [0, 0.1) is 0 Å². The topological polar surface area (TPSA) is 79.9 Å². The Morgan fingerprint density at radius 3 is 2.75 bits per heavy atom. The average Bonchev–Trinajstić information content (AvgIpc) is 2.92. The van der Waals surface area contributed by atoms with Crippen LogP contribution in [-0.4, -0.2) is 42.3 Å². The van der Waals surface area contributed by atoms with Crippen molar-refractivity contribution in [2.45, 2.75) is 37.9 Å². The van der Waals surface area contributed by atoms with Crippen LogP contribution in [0.5, 0.6) is 11.5 Å². The molecule has 2 N–H and O–H groups in total. The molecular weight excluding hydrogens is 310 g/mol. The van der Waals surface area contributed by atoms with Crippen molar-refractivity contribution >= 4 is 17.6 Å². The Hall–Kier alpha value is -2.44. The van der Waals surface area contributed by atoms with Crippen LogP contribution in [0.4, 0.5) is 10.5 Å². The number of fused-ring (bicyclic) bond motifs is 1. The van der Waals surface area contributed by atoms with Gasteiger partial charge in [0.05, 0.1) is 0 Å². The number of rotatable bonds is 1. The van der Waals surface area contributed by atoms with Gasteiger partial charge < -0.3 is 25.0 Å². The Labute approximate surface area is 140 Å². The Morgan fingerprint density at radius 2 is 1.96 bits per heavy atom. The highest BCUT2D eigenvalue weighted by Crippen LogP contribution is 2.46. The van der Waals surface area contributed by atoms with E-state index in [1.165, 1.54) is 11.3 Å². The van der Waals surface area contributed by atoms with E-state index in [4.69, 9.17) is 9.47 Å². The lowest BCUT2D eigenvalue weighted by Gasteiger charge is -2.31. The number of carbonyl (C=O) groups excluding carboxylic acids is 2. The van der Waals surface area contributed by atoms with Gasteiger partial charge in [-0.25, -0.2) is 4.79 Å². The summed E-state index contributed by atoms with van der Waals surface area (Å²) in [5.41, 5.74) is 0.640. The fraction of sp³-hybridized carbons (Fsp3) is 0.529. The lowest BCUT2D eigenvalue weighted by atomic mass is 9.94. The summed E-state index contributed by atoms with van der Waals surface area (Å²) in [4.78, 5) is 25.1. The second-order valence-electron chi connectivity index (χ2n) is 6.54. The summed E-state index contributed by atoms with van der Waals surface area (Å²) in [5, 5.41) is 5.53. The molecule has 7 heteroatoms. The highest BCUT2D eigenvalue weighted by molar-refractivity contribution is 5.93. The van der Waals surface area contributed by atoms with Gasteiger partial charge in [-0.2, -0.15) is 0 Å². The highest BCUT2D eigenvalue weighted by atomic mass is 16.7. The third kappa shape index (κ3) is 2.86. The minimum Gasteiger partial charge on any atom is -0.448 e. The van der Waals surface area contributed by atoms with E-state index in [-0.39, 0.29) is 18.5 Å². The van der Waals surface area contributed by atoms with Gasteiger partial charge in [0, 0.05) is 37.7 Å². The standard InChI is InChI=1S/C17H21N3O4/c21-15-11-20(9-8-18-15)16(22)19-12-4-5-13-14(10-12)24-17(23-13)6-2-1-3-7-17/h4-5,10H,1-3,6-9,11H2,(H,18,21)(H,19,22). The Bertz CT molecular complexity index is 670. The minimum absolute atomic E-state index is 0.0828. The third-order valence-corrected chi connectivity index (χ3v) is 4.73. The zero-order chi connectivity index (χ0) is 16.6. The average molecular weight is 331 g/mol. The van der Waals surface area contributed by atoms with Crippen molar-refractivity contribution in [3.05, 3.63) is 18.2 Å². The fourth-order valence-electron chi connectivity index (χ4n) is 3.48. The summed E-state index contributed by atoms with van der Waals surface area (Å²) < 4.78 is 12.1. The van der Waals surface area contributed by atoms with Crippen molar-refractivity contribution < 1.29 is 19.1 Å². The lowest BCUT2D eigenvalue weighted by Crippen LogP contribution is -2.51. The molecule has 1 aromatic carbocycles. The molecule has 3 aliphatic rings. The molecule has 4 rings (SSSR count). The van der Waals surface area contributed by atoms with Crippen LogP contribution < -0.4 is 20.1 Å². The van der Waals surface area contributed by atoms with Gasteiger partial charge in [0.2, 0.25) is 5.91 Å². The van der Waals surface area contributed by atoms with Gasteiger partial charge in [-0.3, -0.25) is 4.79 Å². The predicted octanol–water partition coefficient (Wildman–Crippen LogP) is 2.08. The number of carbonyl (C=O) groups is 2. The molecule has 128 valence electrons. The molecule has 0 unspecified atom stereocenters. The Morgan fingerprint density at radius 1 is 1.17 bits per heavy atom. The number of urea groups is 1. The van der Waals surface area contributed by atoms with Crippen LogP contribution >= 0.6 is 0 Å². The quantitative estimate of drug-likeness (QED) is 0.826. The van der Waals surface area contributed by atoms with Crippen LogP contribution in [0.3, 0.4) is 0 Å². The number of nitrogens with zero attached hydrogens (tertiary/aromatic N) is 1. The van der Waals surface area contributed by atoms with Crippen molar-refractivity contribution in [2.75, 3.05) is 25.0 Å². The van der Waals surface area contributed by atoms with E-state index in [2.05, 4.69) is 10.6 Å². The maximum Gasteiger partial charge on any atom is 0.322 e. The normalized spacial score (nSPS) is 21.5. The second kappa shape index (κ2) is 5.89. The van der Waals surface area contributed by atoms with Gasteiger partial charge >= 0.3 is 6.03 Å².